The molecule has 7 nitrogen and oxygen atoms in total. The molecule has 0 bridgehead atoms. The molecule has 0 saturated heterocycles. The van der Waals surface area contributed by atoms with Crippen molar-refractivity contribution in [3.8, 4) is 17.1 Å². The van der Waals surface area contributed by atoms with Gasteiger partial charge < -0.3 is 15.4 Å². The Morgan fingerprint density at radius 3 is 1.87 bits per heavy atom. The van der Waals surface area contributed by atoms with E-state index in [-0.39, 0.29) is 11.2 Å². The fraction of sp³-hybridized carbons (Fsp3) is 0.0833. The highest BCUT2D eigenvalue weighted by Crippen LogP contribution is 2.21. The molecule has 4 rings (SSSR count). The van der Waals surface area contributed by atoms with Crippen LogP contribution in [0.1, 0.15) is 5.69 Å². The van der Waals surface area contributed by atoms with Crippen LogP contribution in [0, 0.1) is 6.92 Å². The Kier molecular flexibility index (Phi) is 5.57. The number of para-hydroxylation sites is 2. The molecule has 0 radical (unpaired) electrons. The van der Waals surface area contributed by atoms with E-state index in [9.17, 15) is 9.59 Å². The highest BCUT2D eigenvalue weighted by atomic mass is 16.5. The highest BCUT2D eigenvalue weighted by molar-refractivity contribution is 6.00. The average molecular weight is 414 g/mol. The number of benzene rings is 3. The normalized spacial score (nSPS) is 10.5. The molecule has 0 saturated carbocycles. The summed E-state index contributed by atoms with van der Waals surface area (Å²) in [6.07, 6.45) is 0. The van der Waals surface area contributed by atoms with Crippen LogP contribution in [0.4, 0.5) is 16.2 Å². The summed E-state index contributed by atoms with van der Waals surface area (Å²) >= 11 is 0. The Balaban J connectivity index is 1.72. The van der Waals surface area contributed by atoms with Crippen molar-refractivity contribution in [1.82, 2.24) is 9.36 Å². The van der Waals surface area contributed by atoms with E-state index in [0.717, 1.165) is 5.69 Å². The SMILES string of the molecule is COc1ccc(NC(=O)Nc2c(C)n(-c3ccccc3)n(-c3ccccc3)c2=O)cc1. The van der Waals surface area contributed by atoms with Crippen molar-refractivity contribution < 1.29 is 9.53 Å². The lowest BCUT2D eigenvalue weighted by Crippen LogP contribution is -2.25. The predicted octanol–water partition coefficient (Wildman–Crippen LogP) is 4.59. The van der Waals surface area contributed by atoms with Crippen molar-refractivity contribution in [3.63, 3.8) is 0 Å². The number of rotatable bonds is 5. The number of aromatic nitrogens is 2. The third-order valence-electron chi connectivity index (χ3n) is 4.87. The maximum atomic E-state index is 13.3. The third kappa shape index (κ3) is 4.06. The minimum absolute atomic E-state index is 0.207. The minimum Gasteiger partial charge on any atom is -0.497 e. The van der Waals surface area contributed by atoms with Gasteiger partial charge in [0.25, 0.3) is 5.56 Å². The monoisotopic (exact) mass is 414 g/mol. The number of nitrogens with zero attached hydrogens (tertiary/aromatic N) is 2. The van der Waals surface area contributed by atoms with Crippen molar-refractivity contribution in [2.24, 2.45) is 0 Å². The van der Waals surface area contributed by atoms with Crippen LogP contribution >= 0.6 is 0 Å². The number of methoxy groups -OCH3 is 1. The molecule has 3 aromatic carbocycles. The van der Waals surface area contributed by atoms with Crippen LogP contribution in [0.25, 0.3) is 11.4 Å². The molecule has 0 atom stereocenters. The van der Waals surface area contributed by atoms with Gasteiger partial charge in [-0.3, -0.25) is 4.79 Å². The molecule has 0 unspecified atom stereocenters. The molecule has 7 heteroatoms. The molecule has 31 heavy (non-hydrogen) atoms. The van der Waals surface area contributed by atoms with E-state index in [1.54, 1.807) is 47.7 Å². The quantitative estimate of drug-likeness (QED) is 0.501. The van der Waals surface area contributed by atoms with E-state index >= 15 is 0 Å². The van der Waals surface area contributed by atoms with E-state index in [0.29, 0.717) is 22.8 Å². The summed E-state index contributed by atoms with van der Waals surface area (Å²) in [4.78, 5) is 26.0. The zero-order valence-corrected chi connectivity index (χ0v) is 17.2. The van der Waals surface area contributed by atoms with Gasteiger partial charge in [-0.15, -0.1) is 0 Å². The number of amides is 2. The Bertz CT molecular complexity index is 1240. The summed E-state index contributed by atoms with van der Waals surface area (Å²) in [7, 11) is 1.58. The molecular weight excluding hydrogens is 392 g/mol. The van der Waals surface area contributed by atoms with Crippen LogP contribution in [0.5, 0.6) is 5.75 Å². The second-order valence-corrected chi connectivity index (χ2v) is 6.87. The lowest BCUT2D eigenvalue weighted by Gasteiger charge is -2.13. The Labute approximate surface area is 179 Å². The number of carbonyl (C=O) groups is 1. The molecule has 4 aromatic rings. The number of hydrogen-bond donors (Lipinski definition) is 2. The number of hydrogen-bond acceptors (Lipinski definition) is 3. The maximum Gasteiger partial charge on any atom is 0.323 e. The number of nitrogens with one attached hydrogen (secondary N) is 2. The molecule has 0 spiro atoms. The summed E-state index contributed by atoms with van der Waals surface area (Å²) in [6.45, 7) is 1.80. The Morgan fingerprint density at radius 1 is 0.774 bits per heavy atom. The Hall–Kier alpha value is -4.26. The van der Waals surface area contributed by atoms with Crippen molar-refractivity contribution in [2.45, 2.75) is 6.92 Å². The third-order valence-corrected chi connectivity index (χ3v) is 4.87. The van der Waals surface area contributed by atoms with E-state index in [2.05, 4.69) is 10.6 Å². The maximum absolute atomic E-state index is 13.3. The summed E-state index contributed by atoms with van der Waals surface area (Å²) in [6, 6.07) is 25.3. The molecule has 1 heterocycles. The van der Waals surface area contributed by atoms with E-state index in [4.69, 9.17) is 4.74 Å². The first-order chi connectivity index (χ1) is 15.1. The van der Waals surface area contributed by atoms with E-state index in [1.165, 1.54) is 0 Å². The lowest BCUT2D eigenvalue weighted by atomic mass is 10.3. The molecule has 0 aliphatic heterocycles. The Morgan fingerprint density at radius 2 is 1.32 bits per heavy atom. The standard InChI is InChI=1S/C24H22N4O3/c1-17-22(26-24(30)25-18-13-15-21(31-2)16-14-18)23(29)28(20-11-7-4-8-12-20)27(17)19-9-5-3-6-10-19/h3-16H,1-2H3,(H2,25,26,30). The van der Waals surface area contributed by atoms with Gasteiger partial charge in [-0.2, -0.15) is 0 Å². The van der Waals surface area contributed by atoms with Crippen LogP contribution in [0.2, 0.25) is 0 Å². The molecule has 0 fully saturated rings. The van der Waals surface area contributed by atoms with E-state index in [1.807, 2.05) is 60.7 Å². The van der Waals surface area contributed by atoms with Gasteiger partial charge in [-0.05, 0) is 55.5 Å². The van der Waals surface area contributed by atoms with Crippen LogP contribution in [-0.4, -0.2) is 22.5 Å². The fourth-order valence-electron chi connectivity index (χ4n) is 3.38. The minimum atomic E-state index is -0.504. The predicted molar refractivity (Wildman–Crippen MR) is 122 cm³/mol. The smallest absolute Gasteiger partial charge is 0.323 e. The molecule has 156 valence electrons. The second-order valence-electron chi connectivity index (χ2n) is 6.87. The van der Waals surface area contributed by atoms with Crippen molar-refractivity contribution in [1.29, 1.82) is 0 Å². The summed E-state index contributed by atoms with van der Waals surface area (Å²) in [5.41, 5.74) is 2.59. The van der Waals surface area contributed by atoms with Crippen LogP contribution in [0.3, 0.4) is 0 Å². The second kappa shape index (κ2) is 8.62. The number of carbonyl (C=O) groups excluding carboxylic acids is 1. The first kappa shape index (κ1) is 20.0. The number of ether oxygens (including phenoxy) is 1. The number of urea groups is 1. The van der Waals surface area contributed by atoms with Gasteiger partial charge in [0.05, 0.1) is 24.2 Å². The van der Waals surface area contributed by atoms with Gasteiger partial charge in [0.1, 0.15) is 11.4 Å². The van der Waals surface area contributed by atoms with Crippen molar-refractivity contribution in [3.05, 3.63) is 101 Å². The molecular formula is C24H22N4O3. The topological polar surface area (TPSA) is 77.3 Å². The fourth-order valence-corrected chi connectivity index (χ4v) is 3.38. The molecule has 0 aliphatic rings. The van der Waals surface area contributed by atoms with Gasteiger partial charge in [0.2, 0.25) is 0 Å². The molecule has 2 N–H and O–H groups in total. The van der Waals surface area contributed by atoms with Crippen molar-refractivity contribution >= 4 is 17.4 Å². The summed E-state index contributed by atoms with van der Waals surface area (Å²) in [5, 5.41) is 5.46. The zero-order valence-electron chi connectivity index (χ0n) is 17.2. The van der Waals surface area contributed by atoms with Crippen LogP contribution in [-0.2, 0) is 0 Å². The first-order valence-electron chi connectivity index (χ1n) is 9.76. The lowest BCUT2D eigenvalue weighted by molar-refractivity contribution is 0.262. The van der Waals surface area contributed by atoms with E-state index < -0.39 is 6.03 Å². The summed E-state index contributed by atoms with van der Waals surface area (Å²) in [5.74, 6) is 0.687. The van der Waals surface area contributed by atoms with Gasteiger partial charge in [-0.1, -0.05) is 36.4 Å². The largest absolute Gasteiger partial charge is 0.497 e. The van der Waals surface area contributed by atoms with Crippen LogP contribution < -0.4 is 20.9 Å². The van der Waals surface area contributed by atoms with Crippen molar-refractivity contribution in [2.75, 3.05) is 17.7 Å². The van der Waals surface area contributed by atoms with Gasteiger partial charge in [0, 0.05) is 5.69 Å². The average Bonchev–Trinajstić information content (AvgIpc) is 3.05. The zero-order chi connectivity index (χ0) is 21.8. The van der Waals surface area contributed by atoms with Gasteiger partial charge >= 0.3 is 6.03 Å². The van der Waals surface area contributed by atoms with Crippen LogP contribution in [0.15, 0.2) is 89.7 Å². The molecule has 1 aromatic heterocycles. The molecule has 2 amide bonds. The van der Waals surface area contributed by atoms with Gasteiger partial charge in [0.15, 0.2) is 0 Å². The molecule has 0 aliphatic carbocycles. The highest BCUT2D eigenvalue weighted by Gasteiger charge is 2.21. The number of anilines is 2. The first-order valence-corrected chi connectivity index (χ1v) is 9.76. The van der Waals surface area contributed by atoms with Gasteiger partial charge in [-0.25, -0.2) is 14.2 Å². The summed E-state index contributed by atoms with van der Waals surface area (Å²) < 4.78 is 8.47.